The van der Waals surface area contributed by atoms with Crippen molar-refractivity contribution >= 4 is 11.9 Å². The van der Waals surface area contributed by atoms with E-state index in [1.165, 1.54) is 0 Å². The third-order valence-electron chi connectivity index (χ3n) is 3.82. The summed E-state index contributed by atoms with van der Waals surface area (Å²) in [7, 11) is 0. The van der Waals surface area contributed by atoms with Gasteiger partial charge < -0.3 is 15.0 Å². The number of carbonyl (C=O) groups excluding carboxylic acids is 1. The average molecular weight is 301 g/mol. The highest BCUT2D eigenvalue weighted by atomic mass is 16.3. The number of rotatable bonds is 5. The Morgan fingerprint density at radius 1 is 1.36 bits per heavy atom. The first-order chi connectivity index (χ1) is 10.7. The summed E-state index contributed by atoms with van der Waals surface area (Å²) in [6, 6.07) is 3.85. The zero-order valence-corrected chi connectivity index (χ0v) is 12.1. The smallest absolute Gasteiger partial charge is 0.227 e. The number of nitrogens with one attached hydrogen (secondary N) is 2. The van der Waals surface area contributed by atoms with Crippen LogP contribution in [0.15, 0.2) is 36.9 Å². The van der Waals surface area contributed by atoms with Gasteiger partial charge in [-0.25, -0.2) is 4.98 Å². The monoisotopic (exact) mass is 301 g/mol. The van der Waals surface area contributed by atoms with Crippen molar-refractivity contribution < 1.29 is 9.90 Å². The predicted molar refractivity (Wildman–Crippen MR) is 81.2 cm³/mol. The summed E-state index contributed by atoms with van der Waals surface area (Å²) in [6.07, 6.45) is 6.78. The standard InChI is InChI=1S/C15H19N5O2/c21-13-9-17-8-12(13)7-14(22)19-15-18-5-6-20(15)10-11-1-3-16-4-2-11/h1-6,12-13,17,21H,7-10H2,(H,18,19,22)/t12-,13-/m1/s1. The summed E-state index contributed by atoms with van der Waals surface area (Å²) in [6.45, 7) is 1.83. The number of nitrogens with zero attached hydrogens (tertiary/aromatic N) is 3. The van der Waals surface area contributed by atoms with E-state index in [0.29, 0.717) is 25.6 Å². The van der Waals surface area contributed by atoms with Crippen LogP contribution in [0.25, 0.3) is 0 Å². The number of amides is 1. The number of aliphatic hydroxyl groups is 1. The molecular weight excluding hydrogens is 282 g/mol. The Balaban J connectivity index is 1.61. The third-order valence-corrected chi connectivity index (χ3v) is 3.82. The zero-order valence-electron chi connectivity index (χ0n) is 12.1. The number of carbonyl (C=O) groups is 1. The molecule has 0 saturated carbocycles. The van der Waals surface area contributed by atoms with Crippen LogP contribution in [0.3, 0.4) is 0 Å². The Morgan fingerprint density at radius 2 is 2.18 bits per heavy atom. The van der Waals surface area contributed by atoms with Crippen LogP contribution in [0.1, 0.15) is 12.0 Å². The quantitative estimate of drug-likeness (QED) is 0.735. The molecule has 2 aromatic heterocycles. The second-order valence-electron chi connectivity index (χ2n) is 5.47. The minimum Gasteiger partial charge on any atom is -0.391 e. The fourth-order valence-electron chi connectivity index (χ4n) is 2.59. The predicted octanol–water partition coefficient (Wildman–Crippen LogP) is 0.235. The number of hydrogen-bond donors (Lipinski definition) is 3. The Labute approximate surface area is 128 Å². The Kier molecular flexibility index (Phi) is 4.45. The van der Waals surface area contributed by atoms with Crippen molar-refractivity contribution in [2.24, 2.45) is 5.92 Å². The van der Waals surface area contributed by atoms with Gasteiger partial charge in [-0.15, -0.1) is 0 Å². The summed E-state index contributed by atoms with van der Waals surface area (Å²) < 4.78 is 1.87. The average Bonchev–Trinajstić information content (AvgIpc) is 3.10. The summed E-state index contributed by atoms with van der Waals surface area (Å²) >= 11 is 0. The van der Waals surface area contributed by atoms with Crippen LogP contribution in [0.4, 0.5) is 5.95 Å². The van der Waals surface area contributed by atoms with Crippen molar-refractivity contribution in [3.63, 3.8) is 0 Å². The molecule has 3 rings (SSSR count). The van der Waals surface area contributed by atoms with E-state index in [2.05, 4.69) is 20.6 Å². The first-order valence-corrected chi connectivity index (χ1v) is 7.31. The maximum atomic E-state index is 12.1. The van der Waals surface area contributed by atoms with Gasteiger partial charge in [-0.2, -0.15) is 0 Å². The third kappa shape index (κ3) is 3.49. The number of imidazole rings is 1. The van der Waals surface area contributed by atoms with Crippen molar-refractivity contribution in [2.45, 2.75) is 19.1 Å². The molecule has 1 aliphatic rings. The van der Waals surface area contributed by atoms with Crippen LogP contribution in [0, 0.1) is 5.92 Å². The van der Waals surface area contributed by atoms with E-state index in [4.69, 9.17) is 0 Å². The lowest BCUT2D eigenvalue weighted by Gasteiger charge is -2.13. The topological polar surface area (TPSA) is 92.1 Å². The molecule has 1 fully saturated rings. The van der Waals surface area contributed by atoms with Crippen LogP contribution < -0.4 is 10.6 Å². The van der Waals surface area contributed by atoms with Gasteiger partial charge in [0.1, 0.15) is 0 Å². The van der Waals surface area contributed by atoms with Crippen LogP contribution in [-0.2, 0) is 11.3 Å². The Hall–Kier alpha value is -2.25. The van der Waals surface area contributed by atoms with E-state index in [-0.39, 0.29) is 18.2 Å². The van der Waals surface area contributed by atoms with Gasteiger partial charge in [0.2, 0.25) is 11.9 Å². The van der Waals surface area contributed by atoms with Crippen molar-refractivity contribution in [2.75, 3.05) is 18.4 Å². The number of aliphatic hydroxyl groups excluding tert-OH is 1. The second-order valence-corrected chi connectivity index (χ2v) is 5.47. The molecule has 3 heterocycles. The molecule has 7 heteroatoms. The molecule has 0 unspecified atom stereocenters. The summed E-state index contributed by atoms with van der Waals surface area (Å²) in [4.78, 5) is 20.3. The van der Waals surface area contributed by atoms with E-state index in [1.807, 2.05) is 22.9 Å². The normalized spacial score (nSPS) is 21.0. The molecule has 0 spiro atoms. The number of β-amino-alcohol motifs (C(OH)–C–C–N with tert-alkyl or cyclic N) is 1. The van der Waals surface area contributed by atoms with Gasteiger partial charge in [0, 0.05) is 50.2 Å². The van der Waals surface area contributed by atoms with Crippen molar-refractivity contribution in [1.29, 1.82) is 0 Å². The molecule has 1 amide bonds. The highest BCUT2D eigenvalue weighted by molar-refractivity contribution is 5.89. The first kappa shape index (κ1) is 14.7. The SMILES string of the molecule is O=C(C[C@@H]1CNC[C@H]1O)Nc1nccn1Cc1ccncc1. The minimum atomic E-state index is -0.456. The van der Waals surface area contributed by atoms with E-state index >= 15 is 0 Å². The largest absolute Gasteiger partial charge is 0.391 e. The van der Waals surface area contributed by atoms with Crippen LogP contribution in [0.2, 0.25) is 0 Å². The van der Waals surface area contributed by atoms with Crippen LogP contribution in [-0.4, -0.2) is 44.7 Å². The summed E-state index contributed by atoms with van der Waals surface area (Å²) in [5, 5.41) is 15.6. The van der Waals surface area contributed by atoms with E-state index in [9.17, 15) is 9.90 Å². The lowest BCUT2D eigenvalue weighted by atomic mass is 10.0. The highest BCUT2D eigenvalue weighted by Gasteiger charge is 2.27. The maximum Gasteiger partial charge on any atom is 0.227 e. The molecule has 7 nitrogen and oxygen atoms in total. The summed E-state index contributed by atoms with van der Waals surface area (Å²) in [5.41, 5.74) is 1.08. The molecule has 0 aliphatic carbocycles. The molecule has 0 bridgehead atoms. The van der Waals surface area contributed by atoms with Gasteiger partial charge >= 0.3 is 0 Å². The zero-order chi connectivity index (χ0) is 15.4. The fraction of sp³-hybridized carbons (Fsp3) is 0.400. The van der Waals surface area contributed by atoms with E-state index < -0.39 is 6.10 Å². The van der Waals surface area contributed by atoms with Gasteiger partial charge in [-0.05, 0) is 17.7 Å². The van der Waals surface area contributed by atoms with Gasteiger partial charge in [0.05, 0.1) is 12.6 Å². The molecule has 1 aliphatic heterocycles. The number of aromatic nitrogens is 3. The van der Waals surface area contributed by atoms with Gasteiger partial charge in [-0.3, -0.25) is 15.1 Å². The molecule has 0 aromatic carbocycles. The highest BCUT2D eigenvalue weighted by Crippen LogP contribution is 2.15. The van der Waals surface area contributed by atoms with Crippen LogP contribution >= 0.6 is 0 Å². The van der Waals surface area contributed by atoms with E-state index in [0.717, 1.165) is 5.56 Å². The fourth-order valence-corrected chi connectivity index (χ4v) is 2.59. The van der Waals surface area contributed by atoms with Gasteiger partial charge in [-0.1, -0.05) is 0 Å². The Morgan fingerprint density at radius 3 is 2.91 bits per heavy atom. The number of anilines is 1. The number of pyridine rings is 1. The molecule has 116 valence electrons. The lowest BCUT2D eigenvalue weighted by molar-refractivity contribution is -0.117. The summed E-state index contributed by atoms with van der Waals surface area (Å²) in [5.74, 6) is 0.348. The second kappa shape index (κ2) is 6.67. The maximum absolute atomic E-state index is 12.1. The molecule has 0 radical (unpaired) electrons. The van der Waals surface area contributed by atoms with Gasteiger partial charge in [0.25, 0.3) is 0 Å². The van der Waals surface area contributed by atoms with Crippen molar-refractivity contribution in [3.8, 4) is 0 Å². The molecule has 2 aromatic rings. The lowest BCUT2D eigenvalue weighted by Crippen LogP contribution is -2.25. The van der Waals surface area contributed by atoms with Crippen molar-refractivity contribution in [3.05, 3.63) is 42.5 Å². The van der Waals surface area contributed by atoms with Gasteiger partial charge in [0.15, 0.2) is 0 Å². The van der Waals surface area contributed by atoms with E-state index in [1.54, 1.807) is 18.6 Å². The Bertz CT molecular complexity index is 628. The molecular formula is C15H19N5O2. The van der Waals surface area contributed by atoms with Crippen molar-refractivity contribution in [1.82, 2.24) is 19.9 Å². The molecule has 2 atom stereocenters. The minimum absolute atomic E-state index is 0.0383. The molecule has 3 N–H and O–H groups in total. The molecule has 1 saturated heterocycles. The first-order valence-electron chi connectivity index (χ1n) is 7.31. The number of hydrogen-bond acceptors (Lipinski definition) is 5. The van der Waals surface area contributed by atoms with Crippen LogP contribution in [0.5, 0.6) is 0 Å². The molecule has 22 heavy (non-hydrogen) atoms.